The first-order valence-electron chi connectivity index (χ1n) is 6.81. The lowest BCUT2D eigenvalue weighted by Gasteiger charge is -2.38. The number of carboxylic acids is 1. The van der Waals surface area contributed by atoms with Gasteiger partial charge in [0.1, 0.15) is 0 Å². The second-order valence-corrected chi connectivity index (χ2v) is 5.16. The number of nitrogens with one attached hydrogen (secondary N) is 2. The third-order valence-corrected chi connectivity index (χ3v) is 4.12. The predicted octanol–water partition coefficient (Wildman–Crippen LogP) is 1.20. The number of hydrogen-bond donors (Lipinski definition) is 3. The highest BCUT2D eigenvalue weighted by Gasteiger charge is 2.40. The molecule has 1 aliphatic rings. The maximum atomic E-state index is 12.0. The minimum atomic E-state index is -0.752. The zero-order valence-electron chi connectivity index (χ0n) is 11.6. The van der Waals surface area contributed by atoms with Crippen LogP contribution in [-0.4, -0.2) is 45.1 Å². The average Bonchev–Trinajstić information content (AvgIpc) is 2.98. The van der Waals surface area contributed by atoms with Gasteiger partial charge in [0.2, 0.25) is 0 Å². The van der Waals surface area contributed by atoms with Crippen LogP contribution >= 0.6 is 0 Å². The smallest absolute Gasteiger partial charge is 0.317 e. The van der Waals surface area contributed by atoms with Crippen molar-refractivity contribution in [2.45, 2.75) is 32.7 Å². The molecule has 20 heavy (non-hydrogen) atoms. The largest absolute Gasteiger partial charge is 0.481 e. The van der Waals surface area contributed by atoms with Crippen LogP contribution in [0.4, 0.5) is 4.79 Å². The average molecular weight is 280 g/mol. The molecule has 0 spiro atoms. The zero-order chi connectivity index (χ0) is 14.6. The van der Waals surface area contributed by atoms with Crippen LogP contribution < -0.4 is 5.32 Å². The number of nitrogens with zero attached hydrogens (tertiary/aromatic N) is 2. The lowest BCUT2D eigenvalue weighted by atomic mass is 9.76. The molecule has 1 aromatic heterocycles. The molecule has 1 fully saturated rings. The Morgan fingerprint density at radius 3 is 2.70 bits per heavy atom. The summed E-state index contributed by atoms with van der Waals surface area (Å²) in [6.45, 7) is 3.25. The van der Waals surface area contributed by atoms with Gasteiger partial charge in [0.15, 0.2) is 0 Å². The van der Waals surface area contributed by atoms with Crippen LogP contribution in [0.2, 0.25) is 0 Å². The van der Waals surface area contributed by atoms with Crippen molar-refractivity contribution in [1.29, 1.82) is 0 Å². The highest BCUT2D eigenvalue weighted by atomic mass is 16.4. The molecule has 0 atom stereocenters. The monoisotopic (exact) mass is 280 g/mol. The van der Waals surface area contributed by atoms with E-state index in [1.165, 1.54) is 0 Å². The number of aliphatic carboxylic acids is 1. The molecule has 1 saturated heterocycles. The molecule has 3 N–H and O–H groups in total. The number of aromatic amines is 1. The second-order valence-electron chi connectivity index (χ2n) is 5.16. The second kappa shape index (κ2) is 5.94. The fourth-order valence-corrected chi connectivity index (χ4v) is 2.52. The van der Waals surface area contributed by atoms with E-state index in [0.29, 0.717) is 38.9 Å². The van der Waals surface area contributed by atoms with Crippen molar-refractivity contribution in [3.8, 4) is 0 Å². The van der Waals surface area contributed by atoms with Gasteiger partial charge in [-0.3, -0.25) is 4.79 Å². The minimum absolute atomic E-state index is 0.158. The molecule has 2 amide bonds. The highest BCUT2D eigenvalue weighted by molar-refractivity contribution is 5.77. The van der Waals surface area contributed by atoms with Crippen LogP contribution in [0.1, 0.15) is 31.9 Å². The van der Waals surface area contributed by atoms with Gasteiger partial charge in [0, 0.05) is 19.3 Å². The first kappa shape index (κ1) is 14.4. The number of amides is 2. The van der Waals surface area contributed by atoms with E-state index in [-0.39, 0.29) is 6.03 Å². The molecular formula is C13H20N4O3. The number of hydrogen-bond acceptors (Lipinski definition) is 3. The Kier molecular flexibility index (Phi) is 4.26. The van der Waals surface area contributed by atoms with E-state index in [1.807, 2.05) is 6.92 Å². The standard InChI is InChI=1S/C13H20N4O3/c1-2-13(11(18)19)3-5-17(6-4-13)12(20)15-8-10-7-14-9-16-10/h7,9H,2-6,8H2,1H3,(H,14,16)(H,15,20)(H,18,19). The molecule has 0 radical (unpaired) electrons. The number of piperidine rings is 1. The van der Waals surface area contributed by atoms with E-state index >= 15 is 0 Å². The Bertz CT molecular complexity index is 464. The summed E-state index contributed by atoms with van der Waals surface area (Å²) < 4.78 is 0. The Morgan fingerprint density at radius 1 is 1.50 bits per heavy atom. The van der Waals surface area contributed by atoms with Crippen molar-refractivity contribution in [2.24, 2.45) is 5.41 Å². The molecular weight excluding hydrogens is 260 g/mol. The SMILES string of the molecule is CCC1(C(=O)O)CCN(C(=O)NCc2cnc[nH]2)CC1. The number of rotatable bonds is 4. The summed E-state index contributed by atoms with van der Waals surface area (Å²) in [5.74, 6) is -0.752. The van der Waals surface area contributed by atoms with E-state index in [1.54, 1.807) is 17.4 Å². The molecule has 0 aliphatic carbocycles. The summed E-state index contributed by atoms with van der Waals surface area (Å²) in [7, 11) is 0. The van der Waals surface area contributed by atoms with Gasteiger partial charge in [-0.25, -0.2) is 9.78 Å². The molecule has 110 valence electrons. The number of carbonyl (C=O) groups is 2. The molecule has 2 rings (SSSR count). The maximum Gasteiger partial charge on any atom is 0.317 e. The fourth-order valence-electron chi connectivity index (χ4n) is 2.52. The van der Waals surface area contributed by atoms with Gasteiger partial charge in [0.05, 0.1) is 24.0 Å². The highest BCUT2D eigenvalue weighted by Crippen LogP contribution is 2.35. The summed E-state index contributed by atoms with van der Waals surface area (Å²) in [4.78, 5) is 31.8. The van der Waals surface area contributed by atoms with Gasteiger partial charge >= 0.3 is 12.0 Å². The van der Waals surface area contributed by atoms with Gasteiger partial charge in [-0.2, -0.15) is 0 Å². The molecule has 1 aliphatic heterocycles. The van der Waals surface area contributed by atoms with E-state index in [4.69, 9.17) is 0 Å². The number of carboxylic acid groups (broad SMARTS) is 1. The molecule has 7 nitrogen and oxygen atoms in total. The Hall–Kier alpha value is -2.05. The first-order chi connectivity index (χ1) is 9.57. The van der Waals surface area contributed by atoms with Crippen molar-refractivity contribution in [2.75, 3.05) is 13.1 Å². The van der Waals surface area contributed by atoms with Crippen molar-refractivity contribution in [3.63, 3.8) is 0 Å². The Labute approximate surface area is 117 Å². The zero-order valence-corrected chi connectivity index (χ0v) is 11.6. The number of carbonyl (C=O) groups excluding carboxylic acids is 1. The topological polar surface area (TPSA) is 98.3 Å². The molecule has 0 bridgehead atoms. The van der Waals surface area contributed by atoms with Crippen LogP contribution in [0, 0.1) is 5.41 Å². The van der Waals surface area contributed by atoms with Crippen LogP contribution in [0.25, 0.3) is 0 Å². The molecule has 0 unspecified atom stereocenters. The van der Waals surface area contributed by atoms with E-state index in [9.17, 15) is 14.7 Å². The van der Waals surface area contributed by atoms with Gasteiger partial charge < -0.3 is 20.3 Å². The van der Waals surface area contributed by atoms with Gasteiger partial charge in [-0.05, 0) is 19.3 Å². The van der Waals surface area contributed by atoms with Crippen LogP contribution in [-0.2, 0) is 11.3 Å². The molecule has 0 aromatic carbocycles. The minimum Gasteiger partial charge on any atom is -0.481 e. The van der Waals surface area contributed by atoms with Crippen molar-refractivity contribution >= 4 is 12.0 Å². The van der Waals surface area contributed by atoms with Gasteiger partial charge in [-0.15, -0.1) is 0 Å². The van der Waals surface area contributed by atoms with Gasteiger partial charge in [-0.1, -0.05) is 6.92 Å². The quantitative estimate of drug-likeness (QED) is 0.771. The fraction of sp³-hybridized carbons (Fsp3) is 0.615. The maximum absolute atomic E-state index is 12.0. The van der Waals surface area contributed by atoms with Crippen LogP contribution in [0.5, 0.6) is 0 Å². The van der Waals surface area contributed by atoms with E-state index < -0.39 is 11.4 Å². The third-order valence-electron chi connectivity index (χ3n) is 4.12. The Morgan fingerprint density at radius 2 is 2.20 bits per heavy atom. The third kappa shape index (κ3) is 2.92. The van der Waals surface area contributed by atoms with Crippen LogP contribution in [0.3, 0.4) is 0 Å². The molecule has 7 heteroatoms. The number of H-pyrrole nitrogens is 1. The Balaban J connectivity index is 1.84. The number of imidazole rings is 1. The molecule has 1 aromatic rings. The van der Waals surface area contributed by atoms with Crippen molar-refractivity contribution in [1.82, 2.24) is 20.2 Å². The summed E-state index contributed by atoms with van der Waals surface area (Å²) in [6, 6.07) is -0.158. The summed E-state index contributed by atoms with van der Waals surface area (Å²) in [5, 5.41) is 12.1. The van der Waals surface area contributed by atoms with Crippen molar-refractivity contribution in [3.05, 3.63) is 18.2 Å². The summed E-state index contributed by atoms with van der Waals surface area (Å²) in [6.07, 6.45) is 4.84. The summed E-state index contributed by atoms with van der Waals surface area (Å²) in [5.41, 5.74) is 0.170. The van der Waals surface area contributed by atoms with Gasteiger partial charge in [0.25, 0.3) is 0 Å². The lowest BCUT2D eigenvalue weighted by molar-refractivity contribution is -0.151. The number of urea groups is 1. The first-order valence-corrected chi connectivity index (χ1v) is 6.81. The van der Waals surface area contributed by atoms with Crippen LogP contribution in [0.15, 0.2) is 12.5 Å². The predicted molar refractivity (Wildman–Crippen MR) is 72.0 cm³/mol. The number of aromatic nitrogens is 2. The normalized spacial score (nSPS) is 17.8. The molecule has 2 heterocycles. The molecule has 0 saturated carbocycles. The lowest BCUT2D eigenvalue weighted by Crippen LogP contribution is -2.49. The van der Waals surface area contributed by atoms with E-state index in [0.717, 1.165) is 5.69 Å². The summed E-state index contributed by atoms with van der Waals surface area (Å²) >= 11 is 0. The number of likely N-dealkylation sites (tertiary alicyclic amines) is 1. The van der Waals surface area contributed by atoms with E-state index in [2.05, 4.69) is 15.3 Å². The van der Waals surface area contributed by atoms with Crippen molar-refractivity contribution < 1.29 is 14.7 Å².